The predicted octanol–water partition coefficient (Wildman–Crippen LogP) is 2.45. The van der Waals surface area contributed by atoms with E-state index in [1.54, 1.807) is 29.1 Å². The van der Waals surface area contributed by atoms with Crippen LogP contribution in [0.1, 0.15) is 47.9 Å². The molecule has 0 radical (unpaired) electrons. The molecule has 5 heteroatoms. The van der Waals surface area contributed by atoms with E-state index in [-0.39, 0.29) is 23.1 Å². The average molecular weight is 299 g/mol. The largest absolute Gasteiger partial charge is 0.345 e. The molecule has 22 heavy (non-hydrogen) atoms. The number of aromatic nitrogens is 2. The van der Waals surface area contributed by atoms with Crippen LogP contribution in [0.15, 0.2) is 41.5 Å². The predicted molar refractivity (Wildman–Crippen MR) is 85.8 cm³/mol. The Balaban J connectivity index is 2.27. The summed E-state index contributed by atoms with van der Waals surface area (Å²) in [5, 5.41) is 2.92. The van der Waals surface area contributed by atoms with Gasteiger partial charge in [0.25, 0.3) is 11.5 Å². The van der Waals surface area contributed by atoms with Gasteiger partial charge in [0.2, 0.25) is 0 Å². The number of hydrogen-bond donors (Lipinski definition) is 1. The molecule has 0 aliphatic carbocycles. The molecule has 0 spiro atoms. The first-order chi connectivity index (χ1) is 10.6. The molecular formula is C17H21N3O2. The Bertz CT molecular complexity index is 708. The second-order valence-corrected chi connectivity index (χ2v) is 5.16. The Labute approximate surface area is 130 Å². The summed E-state index contributed by atoms with van der Waals surface area (Å²) in [4.78, 5) is 28.9. The fourth-order valence-corrected chi connectivity index (χ4v) is 2.48. The van der Waals surface area contributed by atoms with Gasteiger partial charge in [0, 0.05) is 24.6 Å². The van der Waals surface area contributed by atoms with Gasteiger partial charge >= 0.3 is 0 Å². The lowest BCUT2D eigenvalue weighted by Gasteiger charge is -2.17. The summed E-state index contributed by atoms with van der Waals surface area (Å²) < 4.78 is 1.60. The van der Waals surface area contributed by atoms with Gasteiger partial charge in [-0.05, 0) is 44.0 Å². The van der Waals surface area contributed by atoms with Crippen molar-refractivity contribution < 1.29 is 4.79 Å². The van der Waals surface area contributed by atoms with E-state index in [9.17, 15) is 9.59 Å². The van der Waals surface area contributed by atoms with Gasteiger partial charge in [0.1, 0.15) is 5.56 Å². The molecule has 1 atom stereocenters. The molecule has 0 bridgehead atoms. The first-order valence-electron chi connectivity index (χ1n) is 7.49. The standard InChI is InChI=1S/C17H21N3O2/c1-4-15(13-7-6-10-18-11-13)19-16(21)14-9-8-12(3)20(5-2)17(14)22/h6-11,15H,4-5H2,1-3H3,(H,19,21). The Morgan fingerprint density at radius 2 is 2.09 bits per heavy atom. The average Bonchev–Trinajstić information content (AvgIpc) is 2.53. The molecule has 2 aromatic heterocycles. The summed E-state index contributed by atoms with van der Waals surface area (Å²) in [5.74, 6) is -0.345. The van der Waals surface area contributed by atoms with Crippen LogP contribution in [-0.4, -0.2) is 15.5 Å². The van der Waals surface area contributed by atoms with E-state index in [4.69, 9.17) is 0 Å². The van der Waals surface area contributed by atoms with Crippen molar-refractivity contribution in [3.05, 3.63) is 63.8 Å². The minimum atomic E-state index is -0.345. The van der Waals surface area contributed by atoms with Crippen molar-refractivity contribution in [3.8, 4) is 0 Å². The van der Waals surface area contributed by atoms with Gasteiger partial charge in [-0.3, -0.25) is 14.6 Å². The maximum absolute atomic E-state index is 12.4. The summed E-state index contributed by atoms with van der Waals surface area (Å²) in [7, 11) is 0. The molecule has 116 valence electrons. The number of nitrogens with one attached hydrogen (secondary N) is 1. The number of pyridine rings is 2. The molecule has 0 fully saturated rings. The molecule has 2 rings (SSSR count). The third-order valence-corrected chi connectivity index (χ3v) is 3.75. The highest BCUT2D eigenvalue weighted by molar-refractivity contribution is 5.94. The number of hydrogen-bond acceptors (Lipinski definition) is 3. The molecule has 0 saturated carbocycles. The molecule has 2 aromatic rings. The van der Waals surface area contributed by atoms with Gasteiger partial charge in [0.15, 0.2) is 0 Å². The number of rotatable bonds is 5. The summed E-state index contributed by atoms with van der Waals surface area (Å²) in [6.45, 7) is 6.28. The van der Waals surface area contributed by atoms with E-state index in [1.165, 1.54) is 0 Å². The first-order valence-corrected chi connectivity index (χ1v) is 7.49. The fourth-order valence-electron chi connectivity index (χ4n) is 2.48. The van der Waals surface area contributed by atoms with Gasteiger partial charge < -0.3 is 9.88 Å². The summed E-state index contributed by atoms with van der Waals surface area (Å²) in [6.07, 6.45) is 4.15. The second-order valence-electron chi connectivity index (χ2n) is 5.16. The maximum Gasteiger partial charge on any atom is 0.263 e. The Morgan fingerprint density at radius 3 is 2.68 bits per heavy atom. The zero-order valence-corrected chi connectivity index (χ0v) is 13.2. The van der Waals surface area contributed by atoms with E-state index in [2.05, 4.69) is 10.3 Å². The molecule has 2 heterocycles. The zero-order chi connectivity index (χ0) is 16.1. The number of carbonyl (C=O) groups is 1. The SMILES string of the molecule is CCC(NC(=O)c1ccc(C)n(CC)c1=O)c1cccnc1. The highest BCUT2D eigenvalue weighted by Gasteiger charge is 2.17. The second kappa shape index (κ2) is 7.02. The highest BCUT2D eigenvalue weighted by atomic mass is 16.2. The van der Waals surface area contributed by atoms with Gasteiger partial charge in [-0.1, -0.05) is 13.0 Å². The Hall–Kier alpha value is -2.43. The van der Waals surface area contributed by atoms with Gasteiger partial charge in [0.05, 0.1) is 6.04 Å². The van der Waals surface area contributed by atoms with Crippen LogP contribution in [-0.2, 0) is 6.54 Å². The van der Waals surface area contributed by atoms with E-state index >= 15 is 0 Å². The zero-order valence-electron chi connectivity index (χ0n) is 13.2. The van der Waals surface area contributed by atoms with Crippen LogP contribution in [0, 0.1) is 6.92 Å². The topological polar surface area (TPSA) is 64.0 Å². The van der Waals surface area contributed by atoms with Gasteiger partial charge in [-0.2, -0.15) is 0 Å². The molecular weight excluding hydrogens is 278 g/mol. The van der Waals surface area contributed by atoms with E-state index in [0.29, 0.717) is 6.54 Å². The van der Waals surface area contributed by atoms with E-state index < -0.39 is 0 Å². The number of amides is 1. The van der Waals surface area contributed by atoms with Crippen LogP contribution in [0.3, 0.4) is 0 Å². The van der Waals surface area contributed by atoms with Crippen molar-refractivity contribution in [2.24, 2.45) is 0 Å². The van der Waals surface area contributed by atoms with E-state index in [1.807, 2.05) is 32.9 Å². The van der Waals surface area contributed by atoms with Gasteiger partial charge in [-0.25, -0.2) is 0 Å². The molecule has 0 aliphatic rings. The molecule has 0 aromatic carbocycles. The van der Waals surface area contributed by atoms with Crippen molar-refractivity contribution >= 4 is 5.91 Å². The number of carbonyl (C=O) groups excluding carboxylic acids is 1. The lowest BCUT2D eigenvalue weighted by Crippen LogP contribution is -2.35. The lowest BCUT2D eigenvalue weighted by atomic mass is 10.1. The van der Waals surface area contributed by atoms with Crippen molar-refractivity contribution in [1.82, 2.24) is 14.9 Å². The first kappa shape index (κ1) is 15.9. The normalized spacial score (nSPS) is 12.0. The van der Waals surface area contributed by atoms with Crippen molar-refractivity contribution in [1.29, 1.82) is 0 Å². The van der Waals surface area contributed by atoms with Crippen LogP contribution in [0.25, 0.3) is 0 Å². The quantitative estimate of drug-likeness (QED) is 0.922. The third kappa shape index (κ3) is 3.24. The van der Waals surface area contributed by atoms with Crippen LogP contribution in [0.5, 0.6) is 0 Å². The van der Waals surface area contributed by atoms with Crippen LogP contribution in [0.2, 0.25) is 0 Å². The minimum absolute atomic E-state index is 0.156. The smallest absolute Gasteiger partial charge is 0.263 e. The summed E-state index contributed by atoms with van der Waals surface area (Å²) in [6, 6.07) is 6.98. The van der Waals surface area contributed by atoms with Crippen molar-refractivity contribution in [3.63, 3.8) is 0 Å². The molecule has 0 saturated heterocycles. The van der Waals surface area contributed by atoms with Gasteiger partial charge in [-0.15, -0.1) is 0 Å². The van der Waals surface area contributed by atoms with Crippen LogP contribution >= 0.6 is 0 Å². The fraction of sp³-hybridized carbons (Fsp3) is 0.353. The summed E-state index contributed by atoms with van der Waals surface area (Å²) >= 11 is 0. The number of nitrogens with zero attached hydrogens (tertiary/aromatic N) is 2. The molecule has 1 amide bonds. The van der Waals surface area contributed by atoms with Crippen molar-refractivity contribution in [2.75, 3.05) is 0 Å². The summed E-state index contributed by atoms with van der Waals surface area (Å²) in [5.41, 5.74) is 1.71. The molecule has 1 unspecified atom stereocenters. The van der Waals surface area contributed by atoms with E-state index in [0.717, 1.165) is 17.7 Å². The molecule has 5 nitrogen and oxygen atoms in total. The number of aryl methyl sites for hydroxylation is 1. The lowest BCUT2D eigenvalue weighted by molar-refractivity contribution is 0.0933. The van der Waals surface area contributed by atoms with Crippen molar-refractivity contribution in [2.45, 2.75) is 39.8 Å². The molecule has 1 N–H and O–H groups in total. The molecule has 0 aliphatic heterocycles. The van der Waals surface area contributed by atoms with Crippen LogP contribution in [0.4, 0.5) is 0 Å². The third-order valence-electron chi connectivity index (χ3n) is 3.75. The Kier molecular flexibility index (Phi) is 5.09. The van der Waals surface area contributed by atoms with Crippen LogP contribution < -0.4 is 10.9 Å². The maximum atomic E-state index is 12.4. The minimum Gasteiger partial charge on any atom is -0.345 e. The highest BCUT2D eigenvalue weighted by Crippen LogP contribution is 2.15. The Morgan fingerprint density at radius 1 is 1.32 bits per heavy atom. The monoisotopic (exact) mass is 299 g/mol.